The number of hydrogen-bond acceptors (Lipinski definition) is 2. The monoisotopic (exact) mass is 539 g/mol. The lowest BCUT2D eigenvalue weighted by atomic mass is 9.92. The fraction of sp³-hybridized carbons (Fsp3) is 0.132. The second-order valence-corrected chi connectivity index (χ2v) is 11.2. The number of aliphatic imine (C=N–C) groups is 1. The van der Waals surface area contributed by atoms with E-state index in [-0.39, 0.29) is 0 Å². The van der Waals surface area contributed by atoms with Crippen LogP contribution >= 0.6 is 11.8 Å². The summed E-state index contributed by atoms with van der Waals surface area (Å²) in [4.78, 5) is 7.10. The Morgan fingerprint density at radius 2 is 1.25 bits per heavy atom. The number of benzene rings is 3. The van der Waals surface area contributed by atoms with E-state index in [1.54, 1.807) is 24.1 Å². The van der Waals surface area contributed by atoms with Crippen LogP contribution in [0.15, 0.2) is 143 Å². The van der Waals surface area contributed by atoms with Crippen molar-refractivity contribution in [3.05, 3.63) is 149 Å². The van der Waals surface area contributed by atoms with Crippen molar-refractivity contribution in [3.8, 4) is 22.3 Å². The van der Waals surface area contributed by atoms with E-state index in [0.29, 0.717) is 0 Å². The highest BCUT2D eigenvalue weighted by Gasteiger charge is 2.11. The molecule has 0 aliphatic heterocycles. The summed E-state index contributed by atoms with van der Waals surface area (Å²) < 4.78 is 0. The molecule has 4 rings (SSSR count). The number of aryl methyl sites for hydroxylation is 1. The highest BCUT2D eigenvalue weighted by Crippen LogP contribution is 2.39. The van der Waals surface area contributed by atoms with Gasteiger partial charge < -0.3 is 0 Å². The van der Waals surface area contributed by atoms with E-state index in [0.717, 1.165) is 16.2 Å². The van der Waals surface area contributed by atoms with Crippen LogP contribution in [0.1, 0.15) is 38.8 Å². The predicted molar refractivity (Wildman–Crippen MR) is 180 cm³/mol. The Bertz CT molecular complexity index is 1650. The Kier molecular flexibility index (Phi) is 9.94. The zero-order valence-electron chi connectivity index (χ0n) is 24.1. The van der Waals surface area contributed by atoms with Crippen molar-refractivity contribution in [2.45, 2.75) is 34.6 Å². The molecule has 0 radical (unpaired) electrons. The molecule has 200 valence electrons. The largest absolute Gasteiger partial charge is 0.260 e. The molecule has 0 N–H and O–H groups in total. The molecule has 0 saturated heterocycles. The number of nitrogens with zero attached hydrogens (tertiary/aromatic N) is 1. The van der Waals surface area contributed by atoms with E-state index in [4.69, 9.17) is 4.99 Å². The summed E-state index contributed by atoms with van der Waals surface area (Å²) in [6, 6.07) is 39.1. The Balaban J connectivity index is 2.19. The average Bonchev–Trinajstić information content (AvgIpc) is 2.98. The van der Waals surface area contributed by atoms with Crippen LogP contribution in [0.5, 0.6) is 0 Å². The van der Waals surface area contributed by atoms with Crippen LogP contribution in [-0.2, 0) is 0 Å². The quantitative estimate of drug-likeness (QED) is 0.213. The van der Waals surface area contributed by atoms with Gasteiger partial charge in [0.2, 0.25) is 0 Å². The zero-order chi connectivity index (χ0) is 28.5. The van der Waals surface area contributed by atoms with Gasteiger partial charge >= 0.3 is 0 Å². The van der Waals surface area contributed by atoms with Crippen molar-refractivity contribution >= 4 is 33.7 Å². The van der Waals surface area contributed by atoms with Crippen molar-refractivity contribution in [1.29, 1.82) is 0 Å². The molecule has 0 fully saturated rings. The van der Waals surface area contributed by atoms with Crippen molar-refractivity contribution < 1.29 is 0 Å². The van der Waals surface area contributed by atoms with E-state index in [2.05, 4.69) is 150 Å². The van der Waals surface area contributed by atoms with Crippen LogP contribution in [0.25, 0.3) is 37.9 Å². The highest BCUT2D eigenvalue weighted by atomic mass is 32.2. The maximum atomic E-state index is 4.71. The summed E-state index contributed by atoms with van der Waals surface area (Å²) in [5, 5.41) is 2.43. The lowest BCUT2D eigenvalue weighted by Crippen LogP contribution is -1.88. The molecule has 0 amide bonds. The van der Waals surface area contributed by atoms with Gasteiger partial charge in [0.25, 0.3) is 0 Å². The molecule has 4 aromatic carbocycles. The SMILES string of the molecule is C=CC=N/C(C)=C(/SC(C)=C(C)C)c1ccc(C)c(-c2ccccc2)c2ccccc2c(-c2ccccc2)cc1. The van der Waals surface area contributed by atoms with Crippen LogP contribution in [0.3, 0.4) is 0 Å². The minimum atomic E-state index is 0.957. The first-order chi connectivity index (χ1) is 19.4. The van der Waals surface area contributed by atoms with Crippen molar-refractivity contribution in [2.24, 2.45) is 4.99 Å². The van der Waals surface area contributed by atoms with Gasteiger partial charge in [-0.15, -0.1) is 0 Å². The molecule has 1 nitrogen and oxygen atoms in total. The molecular weight excluding hydrogens is 502 g/mol. The van der Waals surface area contributed by atoms with Crippen LogP contribution < -0.4 is 0 Å². The van der Waals surface area contributed by atoms with E-state index in [9.17, 15) is 0 Å². The van der Waals surface area contributed by atoms with Gasteiger partial charge in [-0.1, -0.05) is 139 Å². The number of allylic oxidation sites excluding steroid dienone is 4. The molecular formula is C38H37NS. The molecule has 0 aliphatic carbocycles. The van der Waals surface area contributed by atoms with Gasteiger partial charge in [-0.3, -0.25) is 4.99 Å². The lowest BCUT2D eigenvalue weighted by molar-refractivity contribution is 1.33. The zero-order valence-corrected chi connectivity index (χ0v) is 24.9. The van der Waals surface area contributed by atoms with E-state index < -0.39 is 0 Å². The first-order valence-electron chi connectivity index (χ1n) is 13.6. The molecule has 0 spiro atoms. The summed E-state index contributed by atoms with van der Waals surface area (Å²) >= 11 is 1.77. The Morgan fingerprint density at radius 3 is 1.88 bits per heavy atom. The van der Waals surface area contributed by atoms with E-state index >= 15 is 0 Å². The lowest BCUT2D eigenvalue weighted by Gasteiger charge is -2.14. The molecule has 0 bridgehead atoms. The smallest absolute Gasteiger partial charge is 0.0517 e. The first-order valence-corrected chi connectivity index (χ1v) is 14.4. The van der Waals surface area contributed by atoms with Crippen molar-refractivity contribution in [2.75, 3.05) is 0 Å². The topological polar surface area (TPSA) is 12.4 Å². The summed E-state index contributed by atoms with van der Waals surface area (Å²) in [7, 11) is 0. The van der Waals surface area contributed by atoms with Gasteiger partial charge in [0.15, 0.2) is 0 Å². The Morgan fingerprint density at radius 1 is 0.675 bits per heavy atom. The standard InChI is InChI=1S/C38H37NS/c1-7-26-39-29(5)38(40-30(6)27(2)3)33-23-22-28(4)37(32-18-12-9-13-19-32)36-21-15-14-20-35(36)34(25-24-33)31-16-10-8-11-17-31/h7-26H,1H2,2-6H3/b23-22?,25-24?,28-22?,33-23?,33-24?,34-25?,35-34?,37-28?,37-36?,38-29+,39-26?. The molecule has 0 heterocycles. The summed E-state index contributed by atoms with van der Waals surface area (Å²) in [6.07, 6.45) is 3.48. The Labute approximate surface area is 244 Å². The number of rotatable bonds is 7. The fourth-order valence-corrected chi connectivity index (χ4v) is 5.56. The average molecular weight is 540 g/mol. The molecule has 0 aromatic heterocycles. The minimum Gasteiger partial charge on any atom is -0.260 e. The molecule has 4 aromatic rings. The summed E-state index contributed by atoms with van der Waals surface area (Å²) in [5.74, 6) is 0. The van der Waals surface area contributed by atoms with Gasteiger partial charge in [-0.05, 0) is 83.7 Å². The van der Waals surface area contributed by atoms with Crippen molar-refractivity contribution in [3.63, 3.8) is 0 Å². The van der Waals surface area contributed by atoms with E-state index in [1.165, 1.54) is 49.1 Å². The Hall–Kier alpha value is -4.14. The highest BCUT2D eigenvalue weighted by molar-refractivity contribution is 8.11. The van der Waals surface area contributed by atoms with Gasteiger partial charge in [-0.2, -0.15) is 0 Å². The molecule has 0 aliphatic rings. The third kappa shape index (κ3) is 6.89. The summed E-state index contributed by atoms with van der Waals surface area (Å²) in [6.45, 7) is 14.6. The second-order valence-electron chi connectivity index (χ2n) is 9.96. The number of fused-ring (bicyclic) bond motifs is 1. The minimum absolute atomic E-state index is 0.957. The molecule has 0 saturated carbocycles. The second kappa shape index (κ2) is 13.8. The molecule has 40 heavy (non-hydrogen) atoms. The maximum Gasteiger partial charge on any atom is 0.0517 e. The van der Waals surface area contributed by atoms with Crippen LogP contribution in [0.2, 0.25) is 0 Å². The van der Waals surface area contributed by atoms with Crippen LogP contribution in [0, 0.1) is 6.92 Å². The third-order valence-corrected chi connectivity index (χ3v) is 8.34. The van der Waals surface area contributed by atoms with Gasteiger partial charge in [-0.25, -0.2) is 0 Å². The van der Waals surface area contributed by atoms with Crippen LogP contribution in [-0.4, -0.2) is 6.21 Å². The molecule has 0 unspecified atom stereocenters. The number of thioether (sulfide) groups is 1. The molecule has 0 atom stereocenters. The fourth-order valence-electron chi connectivity index (χ4n) is 4.59. The van der Waals surface area contributed by atoms with Gasteiger partial charge in [0.05, 0.1) is 5.70 Å². The third-order valence-electron chi connectivity index (χ3n) is 6.89. The predicted octanol–water partition coefficient (Wildman–Crippen LogP) is 11.6. The van der Waals surface area contributed by atoms with Gasteiger partial charge in [0.1, 0.15) is 0 Å². The first kappa shape index (κ1) is 28.9. The molecule has 2 heteroatoms. The normalized spacial score (nSPS) is 11.6. The van der Waals surface area contributed by atoms with Gasteiger partial charge in [0, 0.05) is 11.1 Å². The van der Waals surface area contributed by atoms with E-state index in [1.807, 2.05) is 0 Å². The van der Waals surface area contributed by atoms with Crippen LogP contribution in [0.4, 0.5) is 0 Å². The van der Waals surface area contributed by atoms with Crippen molar-refractivity contribution in [1.82, 2.24) is 0 Å². The summed E-state index contributed by atoms with van der Waals surface area (Å²) in [5.41, 5.74) is 9.37. The maximum absolute atomic E-state index is 4.71. The number of hydrogen-bond donors (Lipinski definition) is 0.